The van der Waals surface area contributed by atoms with E-state index in [-0.39, 0.29) is 24.7 Å². The Morgan fingerprint density at radius 1 is 1.00 bits per heavy atom. The number of benzene rings is 2. The van der Waals surface area contributed by atoms with Gasteiger partial charge in [-0.2, -0.15) is 31.4 Å². The van der Waals surface area contributed by atoms with Crippen LogP contribution in [0.1, 0.15) is 35.4 Å². The fourth-order valence-electron chi connectivity index (χ4n) is 3.36. The molecule has 1 unspecified atom stereocenters. The summed E-state index contributed by atoms with van der Waals surface area (Å²) in [5.74, 6) is -0.129. The Bertz CT molecular complexity index is 1200. The van der Waals surface area contributed by atoms with Crippen molar-refractivity contribution in [3.8, 4) is 17.2 Å². The van der Waals surface area contributed by atoms with Crippen LogP contribution in [0.25, 0.3) is 5.69 Å². The van der Waals surface area contributed by atoms with Gasteiger partial charge in [0.2, 0.25) is 12.7 Å². The molecule has 1 aliphatic rings. The maximum Gasteiger partial charge on any atom is 0.435 e. The van der Waals surface area contributed by atoms with Crippen LogP contribution >= 0.6 is 0 Å². The number of fused-ring (bicyclic) bond motifs is 1. The molecular formula is C22H17F6N3O3. The molecule has 0 fully saturated rings. The predicted molar refractivity (Wildman–Crippen MR) is 106 cm³/mol. The van der Waals surface area contributed by atoms with Gasteiger partial charge in [0.05, 0.1) is 29.4 Å². The van der Waals surface area contributed by atoms with Gasteiger partial charge < -0.3 is 14.8 Å². The number of carbonyl (C=O) groups is 1. The highest BCUT2D eigenvalue weighted by molar-refractivity contribution is 5.83. The molecule has 34 heavy (non-hydrogen) atoms. The fraction of sp³-hybridized carbons (Fsp3) is 0.273. The van der Waals surface area contributed by atoms with Gasteiger partial charge in [-0.1, -0.05) is 6.07 Å². The van der Waals surface area contributed by atoms with E-state index in [1.165, 1.54) is 0 Å². The van der Waals surface area contributed by atoms with Crippen molar-refractivity contribution in [3.05, 3.63) is 71.0 Å². The van der Waals surface area contributed by atoms with E-state index in [4.69, 9.17) is 9.47 Å². The van der Waals surface area contributed by atoms with Crippen LogP contribution in [-0.2, 0) is 23.7 Å². The molecule has 1 N–H and O–H groups in total. The Hall–Kier alpha value is -3.70. The minimum Gasteiger partial charge on any atom is -0.454 e. The van der Waals surface area contributed by atoms with Crippen molar-refractivity contribution < 1.29 is 40.6 Å². The standard InChI is InChI=1S/C22H17F6N3O3/c1-12(13-2-7-17-18(8-13)34-11-33-17)20(32)29-10-16-9-19(22(26,27)28)30-31(16)15-5-3-14(4-6-15)21(23,24)25/h2-9,12H,10-11H2,1H3,(H,29,32). The fourth-order valence-corrected chi connectivity index (χ4v) is 3.36. The van der Waals surface area contributed by atoms with E-state index < -0.39 is 35.4 Å². The highest BCUT2D eigenvalue weighted by Gasteiger charge is 2.35. The van der Waals surface area contributed by atoms with E-state index in [2.05, 4.69) is 10.4 Å². The molecule has 2 aromatic carbocycles. The van der Waals surface area contributed by atoms with Gasteiger partial charge in [0, 0.05) is 0 Å². The third kappa shape index (κ3) is 4.80. The lowest BCUT2D eigenvalue weighted by molar-refractivity contribution is -0.141. The molecule has 12 heteroatoms. The van der Waals surface area contributed by atoms with Gasteiger partial charge in [0.25, 0.3) is 0 Å². The third-order valence-corrected chi connectivity index (χ3v) is 5.25. The highest BCUT2D eigenvalue weighted by atomic mass is 19.4. The summed E-state index contributed by atoms with van der Waals surface area (Å²) in [5.41, 5.74) is -1.66. The molecular weight excluding hydrogens is 468 g/mol. The van der Waals surface area contributed by atoms with Crippen molar-refractivity contribution in [2.24, 2.45) is 0 Å². The molecule has 4 rings (SSSR count). The van der Waals surface area contributed by atoms with Crippen molar-refractivity contribution in [2.45, 2.75) is 31.7 Å². The summed E-state index contributed by atoms with van der Waals surface area (Å²) >= 11 is 0. The quantitative estimate of drug-likeness (QED) is 0.514. The second-order valence-electron chi connectivity index (χ2n) is 7.53. The number of nitrogens with one attached hydrogen (secondary N) is 1. The first kappa shape index (κ1) is 23.5. The lowest BCUT2D eigenvalue weighted by atomic mass is 10.00. The van der Waals surface area contributed by atoms with Crippen LogP contribution < -0.4 is 14.8 Å². The van der Waals surface area contributed by atoms with Crippen molar-refractivity contribution >= 4 is 5.91 Å². The largest absolute Gasteiger partial charge is 0.454 e. The molecule has 0 saturated heterocycles. The molecule has 2 heterocycles. The lowest BCUT2D eigenvalue weighted by Crippen LogP contribution is -2.28. The number of alkyl halides is 6. The lowest BCUT2D eigenvalue weighted by Gasteiger charge is -2.14. The molecule has 6 nitrogen and oxygen atoms in total. The van der Waals surface area contributed by atoms with E-state index in [0.717, 1.165) is 35.0 Å². The molecule has 1 atom stereocenters. The Morgan fingerprint density at radius 3 is 2.32 bits per heavy atom. The zero-order valence-electron chi connectivity index (χ0n) is 17.5. The van der Waals surface area contributed by atoms with Gasteiger partial charge in [0.1, 0.15) is 0 Å². The van der Waals surface area contributed by atoms with Crippen molar-refractivity contribution in [2.75, 3.05) is 6.79 Å². The Balaban J connectivity index is 1.55. The molecule has 0 aliphatic carbocycles. The minimum absolute atomic E-state index is 0.0171. The molecule has 3 aromatic rings. The molecule has 0 saturated carbocycles. The van der Waals surface area contributed by atoms with E-state index in [1.807, 2.05) is 0 Å². The number of aromatic nitrogens is 2. The molecule has 0 bridgehead atoms. The summed E-state index contributed by atoms with van der Waals surface area (Å²) in [5, 5.41) is 6.05. The maximum absolute atomic E-state index is 13.2. The van der Waals surface area contributed by atoms with Crippen LogP contribution in [0.4, 0.5) is 26.3 Å². The van der Waals surface area contributed by atoms with Crippen molar-refractivity contribution in [1.29, 1.82) is 0 Å². The van der Waals surface area contributed by atoms with E-state index in [9.17, 15) is 31.1 Å². The molecule has 180 valence electrons. The number of rotatable bonds is 5. The van der Waals surface area contributed by atoms with Crippen LogP contribution in [0.5, 0.6) is 11.5 Å². The number of amides is 1. The van der Waals surface area contributed by atoms with E-state index >= 15 is 0 Å². The molecule has 0 radical (unpaired) electrons. The average molecular weight is 485 g/mol. The Labute approximate surface area is 189 Å². The summed E-state index contributed by atoms with van der Waals surface area (Å²) in [6.45, 7) is 1.34. The normalized spacial score (nSPS) is 14.2. The van der Waals surface area contributed by atoms with Gasteiger partial charge in [-0.25, -0.2) is 4.68 Å². The second-order valence-corrected chi connectivity index (χ2v) is 7.53. The van der Waals surface area contributed by atoms with Crippen LogP contribution in [0, 0.1) is 0 Å². The van der Waals surface area contributed by atoms with Crippen LogP contribution in [0.3, 0.4) is 0 Å². The van der Waals surface area contributed by atoms with Crippen LogP contribution in [-0.4, -0.2) is 22.5 Å². The summed E-state index contributed by atoms with van der Waals surface area (Å²) in [4.78, 5) is 12.7. The number of hydrogen-bond donors (Lipinski definition) is 1. The first-order chi connectivity index (χ1) is 15.9. The molecule has 1 aromatic heterocycles. The zero-order valence-corrected chi connectivity index (χ0v) is 17.5. The van der Waals surface area contributed by atoms with Crippen LogP contribution in [0.2, 0.25) is 0 Å². The summed E-state index contributed by atoms with van der Waals surface area (Å²) < 4.78 is 89.6. The monoisotopic (exact) mass is 485 g/mol. The summed E-state index contributed by atoms with van der Waals surface area (Å²) in [7, 11) is 0. The third-order valence-electron chi connectivity index (χ3n) is 5.25. The van der Waals surface area contributed by atoms with Gasteiger partial charge in [-0.05, 0) is 55.0 Å². The summed E-state index contributed by atoms with van der Waals surface area (Å²) in [6.07, 6.45) is -9.38. The topological polar surface area (TPSA) is 65.4 Å². The Morgan fingerprint density at radius 2 is 1.68 bits per heavy atom. The van der Waals surface area contributed by atoms with Crippen molar-refractivity contribution in [1.82, 2.24) is 15.1 Å². The number of hydrogen-bond acceptors (Lipinski definition) is 4. The number of carbonyl (C=O) groups excluding carboxylic acids is 1. The van der Waals surface area contributed by atoms with Gasteiger partial charge >= 0.3 is 12.4 Å². The van der Waals surface area contributed by atoms with Crippen LogP contribution in [0.15, 0.2) is 48.5 Å². The minimum atomic E-state index is -4.78. The molecule has 1 aliphatic heterocycles. The molecule has 1 amide bonds. The van der Waals surface area contributed by atoms with Gasteiger partial charge in [0.15, 0.2) is 17.2 Å². The van der Waals surface area contributed by atoms with Gasteiger partial charge in [-0.3, -0.25) is 4.79 Å². The Kier molecular flexibility index (Phi) is 5.92. The second kappa shape index (κ2) is 8.58. The zero-order chi connectivity index (χ0) is 24.7. The number of ether oxygens (including phenoxy) is 2. The molecule has 0 spiro atoms. The smallest absolute Gasteiger partial charge is 0.435 e. The highest BCUT2D eigenvalue weighted by Crippen LogP contribution is 2.35. The first-order valence-electron chi connectivity index (χ1n) is 9.94. The van der Waals surface area contributed by atoms with Gasteiger partial charge in [-0.15, -0.1) is 0 Å². The first-order valence-corrected chi connectivity index (χ1v) is 9.94. The summed E-state index contributed by atoms with van der Waals surface area (Å²) in [6, 6.07) is 9.21. The maximum atomic E-state index is 13.2. The number of halogens is 6. The predicted octanol–water partition coefficient (Wildman–Crippen LogP) is 5.06. The SMILES string of the molecule is CC(C(=O)NCc1cc(C(F)(F)F)nn1-c1ccc(C(F)(F)F)cc1)c1ccc2c(c1)OCO2. The van der Waals surface area contributed by atoms with E-state index in [1.54, 1.807) is 25.1 Å². The van der Waals surface area contributed by atoms with Crippen molar-refractivity contribution in [3.63, 3.8) is 0 Å². The number of nitrogens with zero attached hydrogens (tertiary/aromatic N) is 2. The van der Waals surface area contributed by atoms with E-state index in [0.29, 0.717) is 17.1 Å². The average Bonchev–Trinajstić information content (AvgIpc) is 3.42.